The SMILES string of the molecule is CCCCCCCCCC(=O)CCCCCCCC(=O)OC.CCCCCCCCCC(O)C(O)CCCCCCC(=O)OC.CCCCCCCCCCC(=O)CCCCCCC(=O)OC.CSC.[OH3+]. The van der Waals surface area contributed by atoms with Crippen LogP contribution in [-0.2, 0) is 43.7 Å². The summed E-state index contributed by atoms with van der Waals surface area (Å²) in [6, 6.07) is 0. The Labute approximate surface area is 442 Å². The van der Waals surface area contributed by atoms with Crippen molar-refractivity contribution in [3.63, 3.8) is 0 Å². The van der Waals surface area contributed by atoms with Gasteiger partial charge in [0.05, 0.1) is 33.5 Å². The van der Waals surface area contributed by atoms with Crippen LogP contribution in [0.15, 0.2) is 0 Å². The monoisotopic (exact) mass is 1040 g/mol. The van der Waals surface area contributed by atoms with Gasteiger partial charge in [0.15, 0.2) is 0 Å². The number of esters is 3. The molecule has 426 valence electrons. The van der Waals surface area contributed by atoms with Gasteiger partial charge in [0.2, 0.25) is 0 Å². The molecular formula is C59H119O11S+. The van der Waals surface area contributed by atoms with Gasteiger partial charge in [-0.25, -0.2) is 0 Å². The number of thioether (sulfide) groups is 1. The van der Waals surface area contributed by atoms with Crippen LogP contribution in [0.3, 0.4) is 0 Å². The normalized spacial score (nSPS) is 11.3. The summed E-state index contributed by atoms with van der Waals surface area (Å²) in [5, 5.41) is 19.9. The third-order valence-corrected chi connectivity index (χ3v) is 12.7. The second-order valence-corrected chi connectivity index (χ2v) is 20.3. The highest BCUT2D eigenvalue weighted by Crippen LogP contribution is 2.17. The molecule has 0 bridgehead atoms. The van der Waals surface area contributed by atoms with Gasteiger partial charge in [0, 0.05) is 44.9 Å². The Morgan fingerprint density at radius 1 is 0.324 bits per heavy atom. The maximum Gasteiger partial charge on any atom is 0.305 e. The van der Waals surface area contributed by atoms with Crippen LogP contribution in [0, 0.1) is 0 Å². The molecule has 0 heterocycles. The molecule has 0 rings (SSSR count). The summed E-state index contributed by atoms with van der Waals surface area (Å²) in [6.07, 6.45) is 49.3. The number of hydrogen-bond donors (Lipinski definition) is 2. The fraction of sp³-hybridized carbons (Fsp3) is 0.915. The molecule has 0 saturated carbocycles. The Morgan fingerprint density at radius 3 is 0.690 bits per heavy atom. The number of aliphatic hydroxyl groups is 2. The maximum absolute atomic E-state index is 11.7. The largest absolute Gasteiger partial charge is 0.469 e. The predicted octanol–water partition coefficient (Wildman–Crippen LogP) is 15.6. The number of ketones is 2. The minimum Gasteiger partial charge on any atom is -0.469 e. The van der Waals surface area contributed by atoms with E-state index in [4.69, 9.17) is 0 Å². The first-order valence-corrected chi connectivity index (χ1v) is 30.6. The molecule has 2 atom stereocenters. The number of carbonyl (C=O) groups is 5. The maximum atomic E-state index is 11.7. The number of Topliss-reactive ketones (excluding diaryl/α,β-unsaturated/α-hetero) is 2. The van der Waals surface area contributed by atoms with Gasteiger partial charge in [-0.1, -0.05) is 201 Å². The lowest BCUT2D eigenvalue weighted by atomic mass is 9.99. The third kappa shape index (κ3) is 72.3. The van der Waals surface area contributed by atoms with Gasteiger partial charge in [-0.3, -0.25) is 24.0 Å². The predicted molar refractivity (Wildman–Crippen MR) is 303 cm³/mol. The van der Waals surface area contributed by atoms with E-state index in [9.17, 15) is 34.2 Å². The second-order valence-electron chi connectivity index (χ2n) is 19.5. The van der Waals surface area contributed by atoms with Crippen molar-refractivity contribution in [1.82, 2.24) is 0 Å². The number of carbonyl (C=O) groups excluding carboxylic acids is 5. The van der Waals surface area contributed by atoms with Crippen LogP contribution < -0.4 is 0 Å². The lowest BCUT2D eigenvalue weighted by Gasteiger charge is -2.17. The number of rotatable bonds is 48. The second kappa shape index (κ2) is 68.0. The Bertz CT molecular complexity index is 1110. The van der Waals surface area contributed by atoms with Crippen LogP contribution in [0.25, 0.3) is 0 Å². The number of hydrogen-bond acceptors (Lipinski definition) is 11. The fourth-order valence-corrected chi connectivity index (χ4v) is 8.03. The molecule has 0 aromatic rings. The van der Waals surface area contributed by atoms with Crippen molar-refractivity contribution >= 4 is 41.2 Å². The smallest absolute Gasteiger partial charge is 0.305 e. The zero-order chi connectivity index (χ0) is 53.0. The number of unbranched alkanes of at least 4 members (excludes halogenated alkanes) is 29. The molecule has 0 aromatic carbocycles. The molecular weight excluding hydrogens is 917 g/mol. The van der Waals surface area contributed by atoms with Gasteiger partial charge >= 0.3 is 17.9 Å². The first-order chi connectivity index (χ1) is 33.9. The first-order valence-electron chi connectivity index (χ1n) is 28.9. The van der Waals surface area contributed by atoms with Crippen LogP contribution in [0.1, 0.15) is 303 Å². The summed E-state index contributed by atoms with van der Waals surface area (Å²) >= 11 is 1.75. The van der Waals surface area contributed by atoms with E-state index >= 15 is 0 Å². The molecule has 0 fully saturated rings. The molecule has 0 amide bonds. The molecule has 0 aliphatic heterocycles. The lowest BCUT2D eigenvalue weighted by molar-refractivity contribution is -0.141. The Morgan fingerprint density at radius 2 is 0.493 bits per heavy atom. The van der Waals surface area contributed by atoms with E-state index in [1.807, 2.05) is 12.5 Å². The van der Waals surface area contributed by atoms with Crippen molar-refractivity contribution in [2.24, 2.45) is 0 Å². The number of aliphatic hydroxyl groups excluding tert-OH is 2. The highest BCUT2D eigenvalue weighted by Gasteiger charge is 2.15. The van der Waals surface area contributed by atoms with E-state index < -0.39 is 12.2 Å². The van der Waals surface area contributed by atoms with E-state index in [-0.39, 0.29) is 23.4 Å². The Kier molecular flexibility index (Phi) is 74.6. The Balaban J connectivity index is -0.000000296. The van der Waals surface area contributed by atoms with Gasteiger partial charge in [0.1, 0.15) is 11.6 Å². The highest BCUT2D eigenvalue weighted by atomic mass is 32.2. The van der Waals surface area contributed by atoms with E-state index in [1.54, 1.807) is 11.8 Å². The van der Waals surface area contributed by atoms with Gasteiger partial charge in [0.25, 0.3) is 0 Å². The summed E-state index contributed by atoms with van der Waals surface area (Å²) in [4.78, 5) is 56.3. The molecule has 0 aromatic heterocycles. The topological polar surface area (TPSA) is 186 Å². The van der Waals surface area contributed by atoms with Gasteiger partial charge in [-0.15, -0.1) is 0 Å². The summed E-state index contributed by atoms with van der Waals surface area (Å²) in [7, 11) is 4.26. The molecule has 11 nitrogen and oxygen atoms in total. The van der Waals surface area contributed by atoms with E-state index in [0.717, 1.165) is 128 Å². The highest BCUT2D eigenvalue weighted by molar-refractivity contribution is 7.97. The fourth-order valence-electron chi connectivity index (χ4n) is 8.03. The number of methoxy groups -OCH3 is 3. The summed E-state index contributed by atoms with van der Waals surface area (Å²) in [5.41, 5.74) is 0. The molecule has 0 radical (unpaired) electrons. The standard InChI is InChI=1S/C19H38O4.2C19H36O3.C2H6S.H2O/c1-3-4-5-6-7-8-11-14-17(20)18(21)15-12-9-10-13-16-19(22)23-2;1-3-4-5-6-7-9-12-15-18(20)16-13-10-8-11-14-17-19(21)22-2;1-3-4-5-6-7-8-9-12-15-18(20)16-13-10-11-14-17-19(21)22-2;1-3-2;/h17-18,20-21H,3-16H2,1-2H3;2*3-17H2,1-2H3;1-2H3;1H2/p+1. The zero-order valence-electron chi connectivity index (χ0n) is 47.9. The van der Waals surface area contributed by atoms with E-state index in [1.165, 1.54) is 137 Å². The van der Waals surface area contributed by atoms with Gasteiger partial charge in [-0.05, 0) is 70.3 Å². The van der Waals surface area contributed by atoms with Crippen molar-refractivity contribution < 1.29 is 53.9 Å². The molecule has 12 heteroatoms. The molecule has 0 spiro atoms. The molecule has 0 saturated heterocycles. The molecule has 5 N–H and O–H groups in total. The summed E-state index contributed by atoms with van der Waals surface area (Å²) in [6.45, 7) is 6.69. The first kappa shape index (κ1) is 77.9. The molecule has 0 aliphatic rings. The molecule has 0 aliphatic carbocycles. The van der Waals surface area contributed by atoms with Crippen molar-refractivity contribution in [3.8, 4) is 0 Å². The minimum absolute atomic E-state index is 0. The van der Waals surface area contributed by atoms with Gasteiger partial charge < -0.3 is 29.9 Å². The molecule has 2 unspecified atom stereocenters. The van der Waals surface area contributed by atoms with E-state index in [0.29, 0.717) is 50.1 Å². The average Bonchev–Trinajstić information content (AvgIpc) is 3.36. The van der Waals surface area contributed by atoms with Crippen LogP contribution in [0.2, 0.25) is 0 Å². The van der Waals surface area contributed by atoms with E-state index in [2.05, 4.69) is 35.0 Å². The minimum atomic E-state index is -0.601. The van der Waals surface area contributed by atoms with Crippen LogP contribution in [-0.4, -0.2) is 85.7 Å². The quantitative estimate of drug-likeness (QED) is 0.0256. The number of ether oxygens (including phenoxy) is 3. The van der Waals surface area contributed by atoms with Crippen molar-refractivity contribution in [2.45, 2.75) is 315 Å². The molecule has 71 heavy (non-hydrogen) atoms. The van der Waals surface area contributed by atoms with Gasteiger partial charge in [-0.2, -0.15) is 11.8 Å². The summed E-state index contributed by atoms with van der Waals surface area (Å²) in [5.74, 6) is 0.438. The average molecular weight is 1040 g/mol. The lowest BCUT2D eigenvalue weighted by Crippen LogP contribution is -2.25. The Hall–Kier alpha value is -2.02. The van der Waals surface area contributed by atoms with Crippen LogP contribution in [0.4, 0.5) is 0 Å². The van der Waals surface area contributed by atoms with Crippen molar-refractivity contribution in [3.05, 3.63) is 0 Å². The third-order valence-electron chi connectivity index (χ3n) is 12.7. The van der Waals surface area contributed by atoms with Crippen LogP contribution in [0.5, 0.6) is 0 Å². The zero-order valence-corrected chi connectivity index (χ0v) is 48.7. The summed E-state index contributed by atoms with van der Waals surface area (Å²) < 4.78 is 13.8. The van der Waals surface area contributed by atoms with Crippen LogP contribution >= 0.6 is 11.8 Å². The van der Waals surface area contributed by atoms with Crippen molar-refractivity contribution in [1.29, 1.82) is 0 Å². The van der Waals surface area contributed by atoms with Crippen molar-refractivity contribution in [2.75, 3.05) is 33.8 Å².